The molecule has 0 saturated carbocycles. The van der Waals surface area contributed by atoms with E-state index in [0.717, 1.165) is 0 Å². The molecule has 0 unspecified atom stereocenters. The number of ether oxygens (including phenoxy) is 1. The molecular formula is C6H5IN2O2. The molecule has 4 nitrogen and oxygen atoms in total. The predicted octanol–water partition coefficient (Wildman–Crippen LogP) is 1.03. The van der Waals surface area contributed by atoms with Crippen molar-refractivity contribution in [2.75, 3.05) is 4.61 Å². The number of rotatable bonds is 2. The van der Waals surface area contributed by atoms with Crippen LogP contribution in [0.5, 0.6) is 0 Å². The summed E-state index contributed by atoms with van der Waals surface area (Å²) >= 11 is 1.94. The SMILES string of the molecule is O=C(OCI)c1ccncn1. The average molecular weight is 264 g/mol. The Hall–Kier alpha value is -0.720. The molecule has 11 heavy (non-hydrogen) atoms. The molecule has 5 heteroatoms. The predicted molar refractivity (Wildman–Crippen MR) is 46.3 cm³/mol. The normalized spacial score (nSPS) is 9.18. The van der Waals surface area contributed by atoms with Crippen LogP contribution in [0.1, 0.15) is 10.5 Å². The van der Waals surface area contributed by atoms with Gasteiger partial charge in [-0.3, -0.25) is 0 Å². The van der Waals surface area contributed by atoms with Crippen molar-refractivity contribution in [3.63, 3.8) is 0 Å². The van der Waals surface area contributed by atoms with Gasteiger partial charge < -0.3 is 4.74 Å². The number of carbonyl (C=O) groups is 1. The molecule has 0 saturated heterocycles. The highest BCUT2D eigenvalue weighted by molar-refractivity contribution is 14.1. The minimum atomic E-state index is -0.415. The van der Waals surface area contributed by atoms with E-state index in [1.165, 1.54) is 18.6 Å². The fraction of sp³-hybridized carbons (Fsp3) is 0.167. The van der Waals surface area contributed by atoms with Gasteiger partial charge in [0.2, 0.25) is 0 Å². The largest absolute Gasteiger partial charge is 0.450 e. The number of alkyl halides is 1. The van der Waals surface area contributed by atoms with Gasteiger partial charge in [0.05, 0.1) is 0 Å². The molecule has 0 aliphatic rings. The summed E-state index contributed by atoms with van der Waals surface area (Å²) in [5.74, 6) is -0.415. The zero-order chi connectivity index (χ0) is 8.10. The van der Waals surface area contributed by atoms with Crippen molar-refractivity contribution in [2.45, 2.75) is 0 Å². The second-order valence-electron chi connectivity index (χ2n) is 1.64. The molecule has 58 valence electrons. The molecule has 1 rings (SSSR count). The Morgan fingerprint density at radius 1 is 1.73 bits per heavy atom. The number of aromatic nitrogens is 2. The van der Waals surface area contributed by atoms with Crippen molar-refractivity contribution >= 4 is 28.6 Å². The Bertz CT molecular complexity index is 240. The lowest BCUT2D eigenvalue weighted by Crippen LogP contribution is -2.05. The first-order valence-corrected chi connectivity index (χ1v) is 4.36. The minimum Gasteiger partial charge on any atom is -0.450 e. The van der Waals surface area contributed by atoms with Crippen LogP contribution >= 0.6 is 22.6 Å². The third-order valence-electron chi connectivity index (χ3n) is 0.977. The number of carbonyl (C=O) groups excluding carboxylic acids is 1. The summed E-state index contributed by atoms with van der Waals surface area (Å²) in [7, 11) is 0. The highest BCUT2D eigenvalue weighted by Crippen LogP contribution is 1.96. The molecule has 0 N–H and O–H groups in total. The van der Waals surface area contributed by atoms with E-state index >= 15 is 0 Å². The van der Waals surface area contributed by atoms with E-state index in [9.17, 15) is 4.79 Å². The van der Waals surface area contributed by atoms with Crippen LogP contribution in [0, 0.1) is 0 Å². The maximum absolute atomic E-state index is 10.9. The summed E-state index contributed by atoms with van der Waals surface area (Å²) in [5.41, 5.74) is 0.289. The zero-order valence-electron chi connectivity index (χ0n) is 5.53. The van der Waals surface area contributed by atoms with E-state index in [-0.39, 0.29) is 5.69 Å². The van der Waals surface area contributed by atoms with Crippen molar-refractivity contribution in [2.24, 2.45) is 0 Å². The van der Waals surface area contributed by atoms with Crippen LogP contribution < -0.4 is 0 Å². The number of hydrogen-bond donors (Lipinski definition) is 0. The minimum absolute atomic E-state index is 0.289. The van der Waals surface area contributed by atoms with Crippen LogP contribution in [0.4, 0.5) is 0 Å². The van der Waals surface area contributed by atoms with E-state index < -0.39 is 5.97 Å². The lowest BCUT2D eigenvalue weighted by atomic mass is 10.4. The van der Waals surface area contributed by atoms with Gasteiger partial charge in [0, 0.05) is 6.20 Å². The molecule has 0 aliphatic carbocycles. The summed E-state index contributed by atoms with van der Waals surface area (Å²) in [5, 5.41) is 0. The molecule has 1 heterocycles. The van der Waals surface area contributed by atoms with Crippen molar-refractivity contribution < 1.29 is 9.53 Å². The van der Waals surface area contributed by atoms with E-state index in [1.807, 2.05) is 22.6 Å². The molecule has 1 aromatic heterocycles. The van der Waals surface area contributed by atoms with Gasteiger partial charge in [-0.25, -0.2) is 14.8 Å². The van der Waals surface area contributed by atoms with Crippen molar-refractivity contribution in [3.05, 3.63) is 24.3 Å². The zero-order valence-corrected chi connectivity index (χ0v) is 7.69. The Balaban J connectivity index is 2.69. The fourth-order valence-corrected chi connectivity index (χ4v) is 0.818. The van der Waals surface area contributed by atoms with E-state index in [2.05, 4.69) is 14.7 Å². The summed E-state index contributed by atoms with van der Waals surface area (Å²) < 4.78 is 5.02. The second kappa shape index (κ2) is 4.22. The van der Waals surface area contributed by atoms with Crippen LogP contribution in [0.15, 0.2) is 18.6 Å². The monoisotopic (exact) mass is 264 g/mol. The standard InChI is InChI=1S/C6H5IN2O2/c7-3-11-6(10)5-1-2-8-4-9-5/h1-2,4H,3H2. The van der Waals surface area contributed by atoms with Gasteiger partial charge in [-0.1, -0.05) is 0 Å². The molecule has 1 aromatic rings. The van der Waals surface area contributed by atoms with Crippen LogP contribution in [-0.4, -0.2) is 20.6 Å². The van der Waals surface area contributed by atoms with Gasteiger partial charge in [0.1, 0.15) is 10.9 Å². The summed E-state index contributed by atoms with van der Waals surface area (Å²) in [6, 6.07) is 1.51. The van der Waals surface area contributed by atoms with Gasteiger partial charge in [-0.15, -0.1) is 0 Å². The van der Waals surface area contributed by atoms with Gasteiger partial charge in [-0.05, 0) is 28.7 Å². The van der Waals surface area contributed by atoms with Gasteiger partial charge in [-0.2, -0.15) is 0 Å². The first-order chi connectivity index (χ1) is 5.34. The molecule has 0 radical (unpaired) electrons. The molecule has 0 aliphatic heterocycles. The first-order valence-electron chi connectivity index (χ1n) is 2.83. The van der Waals surface area contributed by atoms with Gasteiger partial charge >= 0.3 is 5.97 Å². The third kappa shape index (κ3) is 2.41. The van der Waals surface area contributed by atoms with Crippen LogP contribution in [-0.2, 0) is 4.74 Å². The fourth-order valence-electron chi connectivity index (χ4n) is 0.535. The highest BCUT2D eigenvalue weighted by atomic mass is 127. The van der Waals surface area contributed by atoms with Gasteiger partial charge in [0.25, 0.3) is 0 Å². The maximum atomic E-state index is 10.9. The third-order valence-corrected chi connectivity index (χ3v) is 1.29. The van der Waals surface area contributed by atoms with Crippen molar-refractivity contribution in [3.8, 4) is 0 Å². The number of halogens is 1. The number of hydrogen-bond acceptors (Lipinski definition) is 4. The smallest absolute Gasteiger partial charge is 0.357 e. The Kier molecular flexibility index (Phi) is 3.21. The lowest BCUT2D eigenvalue weighted by molar-refractivity contribution is 0.0583. The van der Waals surface area contributed by atoms with Crippen LogP contribution in [0.2, 0.25) is 0 Å². The molecule has 0 aromatic carbocycles. The quantitative estimate of drug-likeness (QED) is 0.454. The molecule has 0 amide bonds. The Morgan fingerprint density at radius 2 is 2.55 bits per heavy atom. The highest BCUT2D eigenvalue weighted by Gasteiger charge is 2.05. The van der Waals surface area contributed by atoms with E-state index in [4.69, 9.17) is 0 Å². The van der Waals surface area contributed by atoms with E-state index in [0.29, 0.717) is 4.61 Å². The molecule has 0 atom stereocenters. The van der Waals surface area contributed by atoms with E-state index in [1.54, 1.807) is 0 Å². The lowest BCUT2D eigenvalue weighted by Gasteiger charge is -1.97. The average Bonchev–Trinajstić information content (AvgIpc) is 2.07. The van der Waals surface area contributed by atoms with Crippen molar-refractivity contribution in [1.29, 1.82) is 0 Å². The molecule has 0 fully saturated rings. The maximum Gasteiger partial charge on any atom is 0.357 e. The Labute approximate surface area is 77.1 Å². The molecule has 0 bridgehead atoms. The van der Waals surface area contributed by atoms with Crippen LogP contribution in [0.3, 0.4) is 0 Å². The number of nitrogens with zero attached hydrogens (tertiary/aromatic N) is 2. The van der Waals surface area contributed by atoms with Gasteiger partial charge in [0.15, 0.2) is 5.69 Å². The molecular weight excluding hydrogens is 259 g/mol. The Morgan fingerprint density at radius 3 is 3.09 bits per heavy atom. The molecule has 0 spiro atoms. The summed E-state index contributed by atoms with van der Waals surface area (Å²) in [6.07, 6.45) is 2.81. The van der Waals surface area contributed by atoms with Crippen molar-refractivity contribution in [1.82, 2.24) is 9.97 Å². The summed E-state index contributed by atoms with van der Waals surface area (Å²) in [6.45, 7) is 0. The second-order valence-corrected chi connectivity index (χ2v) is 2.26. The number of esters is 1. The first kappa shape index (κ1) is 8.38. The van der Waals surface area contributed by atoms with Crippen LogP contribution in [0.25, 0.3) is 0 Å². The summed E-state index contributed by atoms with van der Waals surface area (Å²) in [4.78, 5) is 18.3. The topological polar surface area (TPSA) is 52.1 Å².